The van der Waals surface area contributed by atoms with E-state index in [0.717, 1.165) is 16.7 Å². The highest BCUT2D eigenvalue weighted by atomic mass is 35.5. The van der Waals surface area contributed by atoms with E-state index in [4.69, 9.17) is 18.2 Å². The number of nitrogens with zero attached hydrogens (tertiary/aromatic N) is 1. The number of hydrogen-bond acceptors (Lipinski definition) is 0. The van der Waals surface area contributed by atoms with Gasteiger partial charge in [0.2, 0.25) is 0 Å². The van der Waals surface area contributed by atoms with Gasteiger partial charge in [0.1, 0.15) is 0 Å². The van der Waals surface area contributed by atoms with Gasteiger partial charge in [-0.3, -0.25) is 0 Å². The molecular weight excluding hydrogens is 422 g/mol. The number of hydrogen-bond donors (Lipinski definition) is 0. The quantitative estimate of drug-likeness (QED) is 0.187. The normalized spacial score (nSPS) is 11.2. The van der Waals surface area contributed by atoms with Crippen molar-refractivity contribution in [3.8, 4) is 22.3 Å². The van der Waals surface area contributed by atoms with Crippen molar-refractivity contribution in [2.24, 2.45) is 0 Å². The van der Waals surface area contributed by atoms with Gasteiger partial charge in [-0.2, -0.15) is 0 Å². The summed E-state index contributed by atoms with van der Waals surface area (Å²) >= 11 is 6.50. The highest BCUT2D eigenvalue weighted by Crippen LogP contribution is 2.38. The van der Waals surface area contributed by atoms with Gasteiger partial charge in [0, 0.05) is 5.02 Å². The molecule has 154 valence electrons. The molecule has 0 fully saturated rings. The Balaban J connectivity index is 1.56. The summed E-state index contributed by atoms with van der Waals surface area (Å²) in [4.78, 5) is 3.47. The van der Waals surface area contributed by atoms with E-state index in [9.17, 15) is 0 Å². The van der Waals surface area contributed by atoms with Gasteiger partial charge in [0.25, 0.3) is 0 Å². The van der Waals surface area contributed by atoms with Crippen molar-refractivity contribution in [1.29, 1.82) is 0 Å². The summed E-state index contributed by atoms with van der Waals surface area (Å²) in [5.41, 5.74) is 4.82. The van der Waals surface area contributed by atoms with E-state index in [2.05, 4.69) is 95.8 Å². The zero-order valence-corrected chi connectivity index (χ0v) is 18.5. The van der Waals surface area contributed by atoms with Crippen molar-refractivity contribution >= 4 is 49.6 Å². The third kappa shape index (κ3) is 3.24. The summed E-state index contributed by atoms with van der Waals surface area (Å²) < 4.78 is 0. The van der Waals surface area contributed by atoms with Crippen molar-refractivity contribution in [2.75, 3.05) is 0 Å². The van der Waals surface area contributed by atoms with Crippen LogP contribution in [0.2, 0.25) is 5.02 Å². The largest absolute Gasteiger partial charge is 0.238 e. The first-order chi connectivity index (χ1) is 16.2. The van der Waals surface area contributed by atoms with Crippen LogP contribution >= 0.6 is 11.6 Å². The Morgan fingerprint density at radius 1 is 0.485 bits per heavy atom. The summed E-state index contributed by atoms with van der Waals surface area (Å²) in [6, 6.07) is 37.9. The van der Waals surface area contributed by atoms with Gasteiger partial charge in [0.05, 0.1) is 6.57 Å². The maximum absolute atomic E-state index is 7.20. The fourth-order valence-corrected chi connectivity index (χ4v) is 5.05. The average molecular weight is 440 g/mol. The van der Waals surface area contributed by atoms with Crippen LogP contribution in [0.3, 0.4) is 0 Å². The van der Waals surface area contributed by atoms with Gasteiger partial charge in [0.15, 0.2) is 5.69 Å². The second-order valence-corrected chi connectivity index (χ2v) is 8.62. The van der Waals surface area contributed by atoms with Gasteiger partial charge in [-0.15, -0.1) is 0 Å². The molecule has 0 unspecified atom stereocenters. The van der Waals surface area contributed by atoms with Gasteiger partial charge >= 0.3 is 0 Å². The van der Waals surface area contributed by atoms with E-state index in [-0.39, 0.29) is 0 Å². The standard InChI is InChI=1S/C31H18ClN/c1-33-23-14-16-24(31(32)19-23)22-8-6-7-20(17-22)21-13-15-29-27-11-3-2-9-25(27)26-10-4-5-12-28(26)30(29)18-21/h2-19H. The van der Waals surface area contributed by atoms with Crippen LogP contribution in [0, 0.1) is 6.57 Å². The summed E-state index contributed by atoms with van der Waals surface area (Å²) in [5.74, 6) is 0. The van der Waals surface area contributed by atoms with E-state index < -0.39 is 0 Å². The van der Waals surface area contributed by atoms with Crippen LogP contribution in [-0.4, -0.2) is 0 Å². The fraction of sp³-hybridized carbons (Fsp3) is 0. The minimum absolute atomic E-state index is 0.550. The fourth-order valence-electron chi connectivity index (χ4n) is 4.76. The van der Waals surface area contributed by atoms with Crippen LogP contribution < -0.4 is 0 Å². The summed E-state index contributed by atoms with van der Waals surface area (Å²) in [6.45, 7) is 7.20. The minimum atomic E-state index is 0.550. The average Bonchev–Trinajstić information content (AvgIpc) is 2.88. The monoisotopic (exact) mass is 439 g/mol. The van der Waals surface area contributed by atoms with Gasteiger partial charge < -0.3 is 0 Å². The molecule has 0 radical (unpaired) electrons. The maximum atomic E-state index is 7.20. The molecule has 6 aromatic carbocycles. The Labute approximate surface area is 197 Å². The van der Waals surface area contributed by atoms with Crippen molar-refractivity contribution in [1.82, 2.24) is 0 Å². The van der Waals surface area contributed by atoms with Crippen molar-refractivity contribution in [2.45, 2.75) is 0 Å². The lowest BCUT2D eigenvalue weighted by molar-refractivity contribution is 1.60. The highest BCUT2D eigenvalue weighted by Gasteiger charge is 2.11. The first-order valence-corrected chi connectivity index (χ1v) is 11.2. The number of fused-ring (bicyclic) bond motifs is 6. The van der Waals surface area contributed by atoms with Gasteiger partial charge in [-0.25, -0.2) is 4.85 Å². The predicted molar refractivity (Wildman–Crippen MR) is 141 cm³/mol. The molecule has 0 saturated heterocycles. The molecule has 0 aliphatic rings. The molecule has 0 saturated carbocycles. The second-order valence-electron chi connectivity index (χ2n) is 8.21. The molecular formula is C31H18ClN. The molecule has 0 aromatic heterocycles. The lowest BCUT2D eigenvalue weighted by Gasteiger charge is -2.13. The topological polar surface area (TPSA) is 4.36 Å². The Morgan fingerprint density at radius 2 is 1.06 bits per heavy atom. The molecule has 0 aliphatic carbocycles. The van der Waals surface area contributed by atoms with E-state index in [0.29, 0.717) is 10.7 Å². The van der Waals surface area contributed by atoms with Gasteiger partial charge in [-0.1, -0.05) is 103 Å². The number of rotatable bonds is 2. The van der Waals surface area contributed by atoms with Crippen molar-refractivity contribution in [3.05, 3.63) is 126 Å². The van der Waals surface area contributed by atoms with E-state index in [1.807, 2.05) is 12.1 Å². The first kappa shape index (κ1) is 19.6. The number of benzene rings is 6. The molecule has 6 aromatic rings. The molecule has 0 atom stereocenters. The number of halogens is 1. The van der Waals surface area contributed by atoms with E-state index in [1.165, 1.54) is 37.9 Å². The third-order valence-corrected chi connectivity index (χ3v) is 6.65. The molecule has 0 bridgehead atoms. The van der Waals surface area contributed by atoms with Crippen LogP contribution in [0.1, 0.15) is 0 Å². The summed E-state index contributed by atoms with van der Waals surface area (Å²) in [7, 11) is 0. The summed E-state index contributed by atoms with van der Waals surface area (Å²) in [5, 5.41) is 8.22. The van der Waals surface area contributed by atoms with Crippen molar-refractivity contribution in [3.63, 3.8) is 0 Å². The van der Waals surface area contributed by atoms with Crippen LogP contribution in [0.25, 0.3) is 59.4 Å². The molecule has 1 nitrogen and oxygen atoms in total. The Bertz CT molecular complexity index is 1710. The minimum Gasteiger partial charge on any atom is -0.238 e. The Kier molecular flexibility index (Phi) is 4.61. The van der Waals surface area contributed by atoms with Crippen LogP contribution in [0.15, 0.2) is 109 Å². The SMILES string of the molecule is [C-]#[N+]c1ccc(-c2cccc(-c3ccc4c5ccccc5c5ccccc5c4c3)c2)c(Cl)c1. The summed E-state index contributed by atoms with van der Waals surface area (Å²) in [6.07, 6.45) is 0. The molecule has 6 rings (SSSR count). The lowest BCUT2D eigenvalue weighted by atomic mass is 9.91. The molecule has 0 amide bonds. The zero-order chi connectivity index (χ0) is 22.4. The molecule has 0 N–H and O–H groups in total. The molecule has 0 aliphatic heterocycles. The molecule has 33 heavy (non-hydrogen) atoms. The van der Waals surface area contributed by atoms with E-state index in [1.54, 1.807) is 6.07 Å². The molecule has 0 heterocycles. The van der Waals surface area contributed by atoms with Crippen molar-refractivity contribution < 1.29 is 0 Å². The lowest BCUT2D eigenvalue weighted by Crippen LogP contribution is -1.86. The maximum Gasteiger partial charge on any atom is 0.188 e. The highest BCUT2D eigenvalue weighted by molar-refractivity contribution is 6.33. The van der Waals surface area contributed by atoms with Gasteiger partial charge in [-0.05, 0) is 72.8 Å². The van der Waals surface area contributed by atoms with Crippen LogP contribution in [0.5, 0.6) is 0 Å². The van der Waals surface area contributed by atoms with Crippen LogP contribution in [-0.2, 0) is 0 Å². The third-order valence-electron chi connectivity index (χ3n) is 6.33. The zero-order valence-electron chi connectivity index (χ0n) is 17.7. The predicted octanol–water partition coefficient (Wildman–Crippen LogP) is 9.68. The molecule has 2 heteroatoms. The smallest absolute Gasteiger partial charge is 0.188 e. The van der Waals surface area contributed by atoms with E-state index >= 15 is 0 Å². The Morgan fingerprint density at radius 3 is 1.70 bits per heavy atom. The van der Waals surface area contributed by atoms with Crippen LogP contribution in [0.4, 0.5) is 5.69 Å². The molecule has 0 spiro atoms. The first-order valence-electron chi connectivity index (χ1n) is 10.8. The Hall–Kier alpha value is -4.12. The second kappa shape index (κ2) is 7.78.